The zero-order chi connectivity index (χ0) is 13.8. The Labute approximate surface area is 110 Å². The number of nitrogen functional groups attached to an aromatic ring is 1. The lowest BCUT2D eigenvalue weighted by atomic mass is 10.2. The van der Waals surface area contributed by atoms with Gasteiger partial charge in [0.05, 0.1) is 20.3 Å². The molecule has 0 radical (unpaired) electrons. The maximum absolute atomic E-state index is 11.8. The Hall–Kier alpha value is -1.80. The number of rotatable bonds is 5. The first-order valence-electron chi connectivity index (χ1n) is 6.20. The average Bonchev–Trinajstić information content (AvgIpc) is 2.99. The number of aliphatic hydroxyl groups is 1. The molecule has 2 rings (SSSR count). The number of aliphatic hydroxyl groups excluding tert-OH is 1. The number of anilines is 2. The maximum atomic E-state index is 11.8. The van der Waals surface area contributed by atoms with Gasteiger partial charge in [-0.15, -0.1) is 0 Å². The Balaban J connectivity index is 2.28. The highest BCUT2D eigenvalue weighted by atomic mass is 16.5. The third-order valence-electron chi connectivity index (χ3n) is 3.09. The molecule has 1 fully saturated rings. The van der Waals surface area contributed by atoms with Gasteiger partial charge in [-0.3, -0.25) is 0 Å². The molecule has 1 atom stereocenters. The zero-order valence-electron chi connectivity index (χ0n) is 10.8. The lowest BCUT2D eigenvalue weighted by molar-refractivity contribution is 0.0603. The van der Waals surface area contributed by atoms with E-state index >= 15 is 0 Å². The third kappa shape index (κ3) is 2.79. The summed E-state index contributed by atoms with van der Waals surface area (Å²) in [5.74, 6) is 0.0796. The molecule has 106 valence electrons. The summed E-state index contributed by atoms with van der Waals surface area (Å²) < 4.78 is 6.12. The van der Waals surface area contributed by atoms with Gasteiger partial charge in [0.25, 0.3) is 0 Å². The highest BCUT2D eigenvalue weighted by Gasteiger charge is 2.25. The Morgan fingerprint density at radius 2 is 2.53 bits per heavy atom. The number of nitrogens with one attached hydrogen (secondary N) is 2. The summed E-state index contributed by atoms with van der Waals surface area (Å²) in [6.45, 7) is 1.88. The van der Waals surface area contributed by atoms with Crippen LogP contribution in [-0.4, -0.2) is 53.7 Å². The molecule has 5 N–H and O–H groups in total. The van der Waals surface area contributed by atoms with Gasteiger partial charge in [0.1, 0.15) is 11.4 Å². The molecule has 0 aromatic carbocycles. The first-order chi connectivity index (χ1) is 9.17. The summed E-state index contributed by atoms with van der Waals surface area (Å²) in [5.41, 5.74) is 6.10. The summed E-state index contributed by atoms with van der Waals surface area (Å²) in [6.07, 6.45) is 0.952. The highest BCUT2D eigenvalue weighted by Crippen LogP contribution is 2.24. The molecule has 0 saturated carbocycles. The van der Waals surface area contributed by atoms with Crippen LogP contribution in [0.25, 0.3) is 0 Å². The van der Waals surface area contributed by atoms with Crippen LogP contribution in [0, 0.1) is 0 Å². The van der Waals surface area contributed by atoms with Gasteiger partial charge in [-0.05, 0) is 13.0 Å². The van der Waals surface area contributed by atoms with E-state index in [4.69, 9.17) is 15.6 Å². The molecular formula is C11H19N5O3. The van der Waals surface area contributed by atoms with Crippen molar-refractivity contribution < 1.29 is 14.6 Å². The van der Waals surface area contributed by atoms with E-state index in [2.05, 4.69) is 15.7 Å². The number of carbonyl (C=O) groups is 1. The Bertz CT molecular complexity index is 453. The monoisotopic (exact) mass is 269 g/mol. The van der Waals surface area contributed by atoms with Crippen molar-refractivity contribution in [3.05, 3.63) is 5.56 Å². The molecule has 0 amide bonds. The summed E-state index contributed by atoms with van der Waals surface area (Å²) >= 11 is 0. The second-order valence-corrected chi connectivity index (χ2v) is 4.38. The lowest BCUT2D eigenvalue weighted by Crippen LogP contribution is -2.23. The highest BCUT2D eigenvalue weighted by molar-refractivity contribution is 5.99. The van der Waals surface area contributed by atoms with Crippen LogP contribution < -0.4 is 16.4 Å². The summed E-state index contributed by atoms with van der Waals surface area (Å²) in [4.78, 5) is 11.8. The summed E-state index contributed by atoms with van der Waals surface area (Å²) in [6, 6.07) is 0.209. The van der Waals surface area contributed by atoms with Gasteiger partial charge in [-0.1, -0.05) is 0 Å². The van der Waals surface area contributed by atoms with Crippen molar-refractivity contribution >= 4 is 17.6 Å². The molecule has 0 aliphatic carbocycles. The SMILES string of the molecule is COC(=O)c1c(NC2CCNC2)nn(CCO)c1N. The lowest BCUT2D eigenvalue weighted by Gasteiger charge is -2.11. The van der Waals surface area contributed by atoms with Gasteiger partial charge in [0, 0.05) is 12.6 Å². The number of nitrogens with zero attached hydrogens (tertiary/aromatic N) is 2. The fourth-order valence-electron chi connectivity index (χ4n) is 2.12. The number of hydrogen-bond acceptors (Lipinski definition) is 7. The van der Waals surface area contributed by atoms with Gasteiger partial charge < -0.3 is 26.2 Å². The van der Waals surface area contributed by atoms with Crippen LogP contribution in [0.3, 0.4) is 0 Å². The molecule has 1 aromatic heterocycles. The predicted octanol–water partition coefficient (Wildman–Crippen LogP) is -0.982. The Morgan fingerprint density at radius 1 is 1.74 bits per heavy atom. The van der Waals surface area contributed by atoms with E-state index in [1.54, 1.807) is 0 Å². The van der Waals surface area contributed by atoms with Crippen LogP contribution in [0.15, 0.2) is 0 Å². The van der Waals surface area contributed by atoms with Crippen molar-refractivity contribution in [2.75, 3.05) is 37.9 Å². The minimum Gasteiger partial charge on any atom is -0.465 e. The van der Waals surface area contributed by atoms with Crippen molar-refractivity contribution in [1.29, 1.82) is 0 Å². The number of hydrogen-bond donors (Lipinski definition) is 4. The molecule has 8 nitrogen and oxygen atoms in total. The van der Waals surface area contributed by atoms with E-state index < -0.39 is 5.97 Å². The molecule has 0 bridgehead atoms. The minimum absolute atomic E-state index is 0.100. The normalized spacial score (nSPS) is 18.5. The number of carbonyl (C=O) groups excluding carboxylic acids is 1. The summed E-state index contributed by atoms with van der Waals surface area (Å²) in [5, 5.41) is 19.6. The van der Waals surface area contributed by atoms with Crippen LogP contribution in [0.2, 0.25) is 0 Å². The standard InChI is InChI=1S/C11H19N5O3/c1-19-11(18)8-9(12)16(4-5-17)15-10(8)14-7-2-3-13-6-7/h7,13,17H,2-6,12H2,1H3,(H,14,15). The molecule has 0 spiro atoms. The molecule has 1 aliphatic rings. The third-order valence-corrected chi connectivity index (χ3v) is 3.09. The van der Waals surface area contributed by atoms with Gasteiger partial charge >= 0.3 is 5.97 Å². The fourth-order valence-corrected chi connectivity index (χ4v) is 2.12. The van der Waals surface area contributed by atoms with Gasteiger partial charge in [0.2, 0.25) is 0 Å². The van der Waals surface area contributed by atoms with Crippen molar-refractivity contribution in [3.63, 3.8) is 0 Å². The second-order valence-electron chi connectivity index (χ2n) is 4.38. The van der Waals surface area contributed by atoms with Crippen molar-refractivity contribution in [1.82, 2.24) is 15.1 Å². The van der Waals surface area contributed by atoms with Gasteiger partial charge in [-0.25, -0.2) is 9.48 Å². The molecule has 1 unspecified atom stereocenters. The topological polar surface area (TPSA) is 114 Å². The van der Waals surface area contributed by atoms with E-state index in [0.29, 0.717) is 5.82 Å². The van der Waals surface area contributed by atoms with Crippen LogP contribution in [0.4, 0.5) is 11.6 Å². The average molecular weight is 269 g/mol. The predicted molar refractivity (Wildman–Crippen MR) is 70.0 cm³/mol. The number of nitrogens with two attached hydrogens (primary N) is 1. The smallest absolute Gasteiger partial charge is 0.345 e. The van der Waals surface area contributed by atoms with E-state index in [1.807, 2.05) is 0 Å². The minimum atomic E-state index is -0.532. The van der Waals surface area contributed by atoms with E-state index in [9.17, 15) is 4.79 Å². The zero-order valence-corrected chi connectivity index (χ0v) is 10.8. The van der Waals surface area contributed by atoms with Crippen molar-refractivity contribution in [2.24, 2.45) is 0 Å². The number of ether oxygens (including phenoxy) is 1. The van der Waals surface area contributed by atoms with E-state index in [0.717, 1.165) is 19.5 Å². The van der Waals surface area contributed by atoms with E-state index in [1.165, 1.54) is 11.8 Å². The fraction of sp³-hybridized carbons (Fsp3) is 0.636. The number of aromatic nitrogens is 2. The van der Waals surface area contributed by atoms with Crippen molar-refractivity contribution in [2.45, 2.75) is 19.0 Å². The van der Waals surface area contributed by atoms with Crippen LogP contribution in [0.5, 0.6) is 0 Å². The molecule has 2 heterocycles. The summed E-state index contributed by atoms with van der Waals surface area (Å²) in [7, 11) is 1.30. The number of esters is 1. The van der Waals surface area contributed by atoms with E-state index in [-0.39, 0.29) is 30.6 Å². The molecule has 8 heteroatoms. The molecule has 1 aliphatic heterocycles. The molecule has 1 saturated heterocycles. The first kappa shape index (κ1) is 13.6. The first-order valence-corrected chi connectivity index (χ1v) is 6.20. The largest absolute Gasteiger partial charge is 0.465 e. The Morgan fingerprint density at radius 3 is 3.11 bits per heavy atom. The molecule has 19 heavy (non-hydrogen) atoms. The van der Waals surface area contributed by atoms with Crippen molar-refractivity contribution in [3.8, 4) is 0 Å². The quantitative estimate of drug-likeness (QED) is 0.508. The van der Waals surface area contributed by atoms with Crippen LogP contribution in [-0.2, 0) is 11.3 Å². The van der Waals surface area contributed by atoms with Gasteiger partial charge in [0.15, 0.2) is 5.82 Å². The maximum Gasteiger partial charge on any atom is 0.345 e. The van der Waals surface area contributed by atoms with Crippen LogP contribution >= 0.6 is 0 Å². The van der Waals surface area contributed by atoms with Gasteiger partial charge in [-0.2, -0.15) is 5.10 Å². The molecule has 1 aromatic rings. The second kappa shape index (κ2) is 5.89. The molecular weight excluding hydrogens is 250 g/mol. The number of methoxy groups -OCH3 is 1. The van der Waals surface area contributed by atoms with Crippen LogP contribution in [0.1, 0.15) is 16.8 Å². The Kier molecular flexibility index (Phi) is 4.23.